The summed E-state index contributed by atoms with van der Waals surface area (Å²) in [5, 5.41) is 6.28. The summed E-state index contributed by atoms with van der Waals surface area (Å²) < 4.78 is 11.1. The molecule has 2 amide bonds. The van der Waals surface area contributed by atoms with E-state index in [2.05, 4.69) is 48.4 Å². The summed E-state index contributed by atoms with van der Waals surface area (Å²) in [7, 11) is 3.33. The fourth-order valence-electron chi connectivity index (χ4n) is 3.94. The van der Waals surface area contributed by atoms with Crippen LogP contribution in [0.5, 0.6) is 11.5 Å². The fraction of sp³-hybridized carbons (Fsp3) is 0.682. The van der Waals surface area contributed by atoms with E-state index in [1.165, 1.54) is 11.1 Å². The molecule has 1 heterocycles. The number of fused-ring (bicyclic) bond motifs is 1. The summed E-state index contributed by atoms with van der Waals surface area (Å²) in [6.07, 6.45) is 0.957. The van der Waals surface area contributed by atoms with E-state index in [-0.39, 0.29) is 29.6 Å². The van der Waals surface area contributed by atoms with Gasteiger partial charge in [-0.25, -0.2) is 4.79 Å². The van der Waals surface area contributed by atoms with Gasteiger partial charge in [0.1, 0.15) is 0 Å². The molecule has 1 aromatic rings. The summed E-state index contributed by atoms with van der Waals surface area (Å²) >= 11 is 0. The van der Waals surface area contributed by atoms with Gasteiger partial charge in [-0.2, -0.15) is 0 Å². The molecular weight excluding hydrogens is 354 g/mol. The van der Waals surface area contributed by atoms with Gasteiger partial charge >= 0.3 is 6.03 Å². The van der Waals surface area contributed by atoms with E-state index in [1.807, 2.05) is 20.8 Å². The maximum absolute atomic E-state index is 12.7. The van der Waals surface area contributed by atoms with Gasteiger partial charge in [-0.1, -0.05) is 20.8 Å². The Hall–Kier alpha value is -1.95. The third-order valence-electron chi connectivity index (χ3n) is 5.28. The maximum Gasteiger partial charge on any atom is 0.315 e. The quantitative estimate of drug-likeness (QED) is 0.775. The number of likely N-dealkylation sites (N-methyl/N-ethyl adjacent to an activating group) is 1. The van der Waals surface area contributed by atoms with Crippen molar-refractivity contribution in [2.24, 2.45) is 5.92 Å². The molecule has 2 unspecified atom stereocenters. The summed E-state index contributed by atoms with van der Waals surface area (Å²) in [6, 6.07) is 4.09. The van der Waals surface area contributed by atoms with Gasteiger partial charge in [-0.15, -0.1) is 0 Å². The van der Waals surface area contributed by atoms with Crippen LogP contribution in [0.1, 0.15) is 58.7 Å². The van der Waals surface area contributed by atoms with Crippen LogP contribution in [0.2, 0.25) is 0 Å². The Balaban J connectivity index is 2.45. The van der Waals surface area contributed by atoms with Crippen molar-refractivity contribution in [1.29, 1.82) is 0 Å². The standard InChI is InChI=1S/C22H37N3O3/c1-9-25-11-10-15-12-17(27-7)18(28-8)13-16(15)20(25)19(14(2)3)23-21(26)24-22(4,5)6/h12-14,19-20H,9-11H2,1-8H3,(H2,23,24,26). The van der Waals surface area contributed by atoms with Crippen molar-refractivity contribution in [2.75, 3.05) is 27.3 Å². The zero-order valence-corrected chi connectivity index (χ0v) is 18.7. The Bertz CT molecular complexity index is 682. The van der Waals surface area contributed by atoms with Crippen LogP contribution in [0, 0.1) is 5.92 Å². The second-order valence-corrected chi connectivity index (χ2v) is 8.85. The van der Waals surface area contributed by atoms with Gasteiger partial charge in [0.05, 0.1) is 26.3 Å². The number of benzene rings is 1. The number of nitrogens with one attached hydrogen (secondary N) is 2. The van der Waals surface area contributed by atoms with Crippen molar-refractivity contribution >= 4 is 6.03 Å². The first kappa shape index (κ1) is 22.3. The third-order valence-corrected chi connectivity index (χ3v) is 5.28. The molecule has 2 rings (SSSR count). The third kappa shape index (κ3) is 5.10. The maximum atomic E-state index is 12.7. The van der Waals surface area contributed by atoms with Crippen molar-refractivity contribution in [3.63, 3.8) is 0 Å². The lowest BCUT2D eigenvalue weighted by Crippen LogP contribution is -2.56. The minimum absolute atomic E-state index is 0.0283. The SMILES string of the molecule is CCN1CCc2cc(OC)c(OC)cc2C1C(NC(=O)NC(C)(C)C)C(C)C. The molecule has 0 aromatic heterocycles. The van der Waals surface area contributed by atoms with Crippen molar-refractivity contribution in [2.45, 2.75) is 65.6 Å². The number of nitrogens with zero attached hydrogens (tertiary/aromatic N) is 1. The van der Waals surface area contributed by atoms with Crippen LogP contribution < -0.4 is 20.1 Å². The molecule has 0 spiro atoms. The van der Waals surface area contributed by atoms with Gasteiger partial charge in [0.25, 0.3) is 0 Å². The van der Waals surface area contributed by atoms with Crippen molar-refractivity contribution in [3.8, 4) is 11.5 Å². The van der Waals surface area contributed by atoms with Crippen molar-refractivity contribution < 1.29 is 14.3 Å². The molecule has 0 saturated heterocycles. The molecule has 1 aliphatic rings. The van der Waals surface area contributed by atoms with E-state index < -0.39 is 0 Å². The Kier molecular flexibility index (Phi) is 7.21. The van der Waals surface area contributed by atoms with Gasteiger partial charge in [-0.3, -0.25) is 4.90 Å². The number of ether oxygens (including phenoxy) is 2. The summed E-state index contributed by atoms with van der Waals surface area (Å²) in [4.78, 5) is 15.1. The normalized spacial score (nSPS) is 18.4. The molecule has 0 aliphatic carbocycles. The number of rotatable bonds is 6. The van der Waals surface area contributed by atoms with Crippen LogP contribution in [0.4, 0.5) is 4.79 Å². The molecule has 1 aromatic carbocycles. The predicted octanol–water partition coefficient (Wildman–Crippen LogP) is 3.75. The number of amides is 2. The molecule has 0 saturated carbocycles. The lowest BCUT2D eigenvalue weighted by molar-refractivity contribution is 0.131. The molecule has 0 bridgehead atoms. The number of carbonyl (C=O) groups is 1. The summed E-state index contributed by atoms with van der Waals surface area (Å²) in [5.74, 6) is 1.75. The average Bonchev–Trinajstić information content (AvgIpc) is 2.62. The highest BCUT2D eigenvalue weighted by Gasteiger charge is 2.36. The molecule has 1 aliphatic heterocycles. The highest BCUT2D eigenvalue weighted by molar-refractivity contribution is 5.75. The molecule has 158 valence electrons. The molecule has 2 N–H and O–H groups in total. The van der Waals surface area contributed by atoms with Gasteiger partial charge in [0, 0.05) is 12.1 Å². The molecule has 6 nitrogen and oxygen atoms in total. The minimum Gasteiger partial charge on any atom is -0.493 e. The van der Waals surface area contributed by atoms with E-state index >= 15 is 0 Å². The molecule has 28 heavy (non-hydrogen) atoms. The first-order valence-electron chi connectivity index (χ1n) is 10.2. The lowest BCUT2D eigenvalue weighted by atomic mass is 9.83. The number of hydrogen-bond acceptors (Lipinski definition) is 4. The van der Waals surface area contributed by atoms with E-state index in [1.54, 1.807) is 14.2 Å². The topological polar surface area (TPSA) is 62.8 Å². The van der Waals surface area contributed by atoms with Gasteiger partial charge in [-0.05, 0) is 62.9 Å². The highest BCUT2D eigenvalue weighted by atomic mass is 16.5. The molecule has 2 atom stereocenters. The van der Waals surface area contributed by atoms with E-state index in [9.17, 15) is 4.79 Å². The molecule has 6 heteroatoms. The average molecular weight is 392 g/mol. The Labute approximate surface area is 170 Å². The smallest absolute Gasteiger partial charge is 0.315 e. The number of methoxy groups -OCH3 is 2. The van der Waals surface area contributed by atoms with Crippen molar-refractivity contribution in [3.05, 3.63) is 23.3 Å². The van der Waals surface area contributed by atoms with E-state index in [0.29, 0.717) is 0 Å². The lowest BCUT2D eigenvalue weighted by Gasteiger charge is -2.43. The molecule has 0 fully saturated rings. The summed E-state index contributed by atoms with van der Waals surface area (Å²) in [5.41, 5.74) is 2.19. The largest absolute Gasteiger partial charge is 0.493 e. The molecular formula is C22H37N3O3. The van der Waals surface area contributed by atoms with Crippen LogP contribution in [-0.2, 0) is 6.42 Å². The zero-order chi connectivity index (χ0) is 21.1. The fourth-order valence-corrected chi connectivity index (χ4v) is 3.94. The van der Waals surface area contributed by atoms with E-state index in [0.717, 1.165) is 31.0 Å². The van der Waals surface area contributed by atoms with Crippen LogP contribution in [0.25, 0.3) is 0 Å². The number of carbonyl (C=O) groups excluding carboxylic acids is 1. The minimum atomic E-state index is -0.281. The van der Waals surface area contributed by atoms with Gasteiger partial charge < -0.3 is 20.1 Å². The predicted molar refractivity (Wildman–Crippen MR) is 113 cm³/mol. The Morgan fingerprint density at radius 2 is 1.82 bits per heavy atom. The second kappa shape index (κ2) is 9.03. The zero-order valence-electron chi connectivity index (χ0n) is 18.7. The van der Waals surface area contributed by atoms with Gasteiger partial charge in [0.15, 0.2) is 11.5 Å². The van der Waals surface area contributed by atoms with Crippen LogP contribution in [0.3, 0.4) is 0 Å². The van der Waals surface area contributed by atoms with Crippen molar-refractivity contribution in [1.82, 2.24) is 15.5 Å². The van der Waals surface area contributed by atoms with Crippen LogP contribution >= 0.6 is 0 Å². The van der Waals surface area contributed by atoms with Crippen LogP contribution in [0.15, 0.2) is 12.1 Å². The monoisotopic (exact) mass is 391 g/mol. The Morgan fingerprint density at radius 3 is 2.32 bits per heavy atom. The Morgan fingerprint density at radius 1 is 1.21 bits per heavy atom. The second-order valence-electron chi connectivity index (χ2n) is 8.85. The molecule has 0 radical (unpaired) electrons. The number of hydrogen-bond donors (Lipinski definition) is 2. The number of urea groups is 1. The van der Waals surface area contributed by atoms with Crippen LogP contribution in [-0.4, -0.2) is 49.8 Å². The first-order valence-corrected chi connectivity index (χ1v) is 10.2. The highest BCUT2D eigenvalue weighted by Crippen LogP contribution is 2.40. The summed E-state index contributed by atoms with van der Waals surface area (Å²) in [6.45, 7) is 14.3. The first-order chi connectivity index (χ1) is 13.1. The van der Waals surface area contributed by atoms with Gasteiger partial charge in [0.2, 0.25) is 0 Å². The van der Waals surface area contributed by atoms with E-state index in [4.69, 9.17) is 9.47 Å².